The van der Waals surface area contributed by atoms with E-state index in [-0.39, 0.29) is 46.0 Å². The van der Waals surface area contributed by atoms with Gasteiger partial charge in [0.1, 0.15) is 15.9 Å². The molecule has 9 heteroatoms. The molecule has 7 nitrogen and oxygen atoms in total. The summed E-state index contributed by atoms with van der Waals surface area (Å²) in [5.41, 5.74) is -0.335. The van der Waals surface area contributed by atoms with Gasteiger partial charge in [-0.1, -0.05) is 0 Å². The molecule has 0 aliphatic rings. The predicted octanol–water partition coefficient (Wildman–Crippen LogP) is -1.64. The quantitative estimate of drug-likeness (QED) is 0.307. The number of fused-ring (bicyclic) bond motifs is 1. The summed E-state index contributed by atoms with van der Waals surface area (Å²) < 4.78 is 33.1. The molecule has 0 unspecified atom stereocenters. The van der Waals surface area contributed by atoms with Crippen molar-refractivity contribution in [2.24, 2.45) is 0 Å². The van der Waals surface area contributed by atoms with E-state index in [1.807, 2.05) is 0 Å². The molecule has 0 amide bonds. The summed E-state index contributed by atoms with van der Waals surface area (Å²) in [6, 6.07) is 5.40. The topological polar surface area (TPSA) is 121 Å². The predicted molar refractivity (Wildman–Crippen MR) is 60.2 cm³/mol. The first kappa shape index (κ1) is 15.9. The summed E-state index contributed by atoms with van der Waals surface area (Å²) in [6.07, 6.45) is 0. The van der Waals surface area contributed by atoms with Crippen LogP contribution < -0.4 is 29.6 Å². The summed E-state index contributed by atoms with van der Waals surface area (Å²) in [5.74, 6) is -0.397. The molecule has 0 heterocycles. The molecule has 1 N–H and O–H groups in total. The van der Waals surface area contributed by atoms with Crippen LogP contribution in [0.2, 0.25) is 0 Å². The summed E-state index contributed by atoms with van der Waals surface area (Å²) >= 11 is 0. The van der Waals surface area contributed by atoms with Crippen molar-refractivity contribution in [3.8, 4) is 5.75 Å². The molecule has 0 fully saturated rings. The Morgan fingerprint density at radius 2 is 1.79 bits per heavy atom. The van der Waals surface area contributed by atoms with Crippen molar-refractivity contribution in [2.45, 2.75) is 4.90 Å². The molecule has 0 saturated heterocycles. The molecule has 2 rings (SSSR count). The van der Waals surface area contributed by atoms with Gasteiger partial charge in [0.15, 0.2) is 0 Å². The van der Waals surface area contributed by atoms with Crippen LogP contribution in [0.3, 0.4) is 0 Å². The van der Waals surface area contributed by atoms with Crippen molar-refractivity contribution in [1.82, 2.24) is 0 Å². The number of non-ortho nitro benzene ring substituents is 1. The van der Waals surface area contributed by atoms with Gasteiger partial charge in [-0.05, 0) is 23.6 Å². The van der Waals surface area contributed by atoms with Crippen LogP contribution in [0.5, 0.6) is 5.75 Å². The van der Waals surface area contributed by atoms with Crippen LogP contribution in [0.25, 0.3) is 10.8 Å². The smallest absolute Gasteiger partial charge is 0.744 e. The molecular formula is C10H6NNaO6S. The van der Waals surface area contributed by atoms with Gasteiger partial charge in [0.25, 0.3) is 5.69 Å². The van der Waals surface area contributed by atoms with Gasteiger partial charge in [-0.3, -0.25) is 10.1 Å². The van der Waals surface area contributed by atoms with Crippen LogP contribution >= 0.6 is 0 Å². The van der Waals surface area contributed by atoms with Crippen molar-refractivity contribution in [3.05, 3.63) is 40.4 Å². The average Bonchev–Trinajstić information content (AvgIpc) is 2.25. The molecule has 0 radical (unpaired) electrons. The van der Waals surface area contributed by atoms with Gasteiger partial charge >= 0.3 is 29.6 Å². The first-order valence-electron chi connectivity index (χ1n) is 4.66. The molecule has 94 valence electrons. The largest absolute Gasteiger partial charge is 1.00 e. The molecule has 0 spiro atoms. The number of hydrogen-bond acceptors (Lipinski definition) is 6. The van der Waals surface area contributed by atoms with Crippen molar-refractivity contribution in [3.63, 3.8) is 0 Å². The van der Waals surface area contributed by atoms with Gasteiger partial charge in [0, 0.05) is 17.5 Å². The first-order valence-corrected chi connectivity index (χ1v) is 6.07. The number of aromatic hydroxyl groups is 1. The number of nitro benzene ring substituents is 1. The van der Waals surface area contributed by atoms with Gasteiger partial charge in [0.2, 0.25) is 0 Å². The van der Waals surface area contributed by atoms with Gasteiger partial charge in [-0.15, -0.1) is 0 Å². The van der Waals surface area contributed by atoms with Crippen molar-refractivity contribution >= 4 is 26.6 Å². The van der Waals surface area contributed by atoms with Gasteiger partial charge in [-0.2, -0.15) is 0 Å². The van der Waals surface area contributed by atoms with Gasteiger partial charge in [-0.25, -0.2) is 8.42 Å². The minimum Gasteiger partial charge on any atom is -0.744 e. The van der Waals surface area contributed by atoms with E-state index < -0.39 is 25.7 Å². The fraction of sp³-hybridized carbons (Fsp3) is 0. The van der Waals surface area contributed by atoms with Gasteiger partial charge < -0.3 is 9.66 Å². The molecule has 2 aromatic rings. The number of nitrogens with zero attached hydrogens (tertiary/aromatic N) is 1. The van der Waals surface area contributed by atoms with E-state index in [1.54, 1.807) is 0 Å². The summed E-state index contributed by atoms with van der Waals surface area (Å²) in [4.78, 5) is 9.22. The molecular weight excluding hydrogens is 285 g/mol. The summed E-state index contributed by atoms with van der Waals surface area (Å²) in [6.45, 7) is 0. The van der Waals surface area contributed by atoms with Crippen LogP contribution in [0.4, 0.5) is 5.69 Å². The minimum absolute atomic E-state index is 0. The van der Waals surface area contributed by atoms with Crippen molar-refractivity contribution in [2.75, 3.05) is 0 Å². The molecule has 0 aromatic heterocycles. The Labute approximate surface area is 130 Å². The zero-order chi connectivity index (χ0) is 13.5. The number of rotatable bonds is 2. The van der Waals surface area contributed by atoms with E-state index in [4.69, 9.17) is 0 Å². The Bertz CT molecular complexity index is 758. The molecule has 0 aliphatic carbocycles. The molecule has 0 aliphatic heterocycles. The van der Waals surface area contributed by atoms with Crippen molar-refractivity contribution < 1.29 is 52.6 Å². The summed E-state index contributed by atoms with van der Waals surface area (Å²) in [5, 5.41) is 20.1. The van der Waals surface area contributed by atoms with Crippen LogP contribution in [0.1, 0.15) is 0 Å². The molecule has 2 aromatic carbocycles. The Hall–Kier alpha value is -1.19. The maximum Gasteiger partial charge on any atom is 1.00 e. The third kappa shape index (κ3) is 3.23. The fourth-order valence-electron chi connectivity index (χ4n) is 1.62. The fourth-order valence-corrected chi connectivity index (χ4v) is 2.33. The van der Waals surface area contributed by atoms with Crippen molar-refractivity contribution in [1.29, 1.82) is 0 Å². The Balaban J connectivity index is 0.00000180. The standard InChI is InChI=1S/C10H7NO6S.Na/c12-8-3-6-1-2-7(11(13)14)4-9(6)10(5-8)18(15,16)17;/h1-5,12H,(H,15,16,17);/q;+1/p-1. The number of hydrogen-bond donors (Lipinski definition) is 1. The molecule has 0 atom stereocenters. The molecule has 0 saturated carbocycles. The van der Waals surface area contributed by atoms with E-state index in [2.05, 4.69) is 0 Å². The van der Waals surface area contributed by atoms with E-state index in [1.165, 1.54) is 12.1 Å². The second-order valence-corrected chi connectivity index (χ2v) is 4.91. The van der Waals surface area contributed by atoms with Crippen LogP contribution in [0.15, 0.2) is 35.2 Å². The van der Waals surface area contributed by atoms with E-state index in [0.717, 1.165) is 18.2 Å². The third-order valence-corrected chi connectivity index (χ3v) is 3.24. The van der Waals surface area contributed by atoms with Gasteiger partial charge in [0.05, 0.1) is 9.82 Å². The second kappa shape index (κ2) is 5.43. The SMILES string of the molecule is O=[N+]([O-])c1ccc2cc(O)cc(S(=O)(=O)[O-])c2c1.[Na+]. The van der Waals surface area contributed by atoms with Crippen LogP contribution in [-0.4, -0.2) is 23.0 Å². The average molecular weight is 291 g/mol. The monoisotopic (exact) mass is 291 g/mol. The summed E-state index contributed by atoms with van der Waals surface area (Å²) in [7, 11) is -4.83. The Kier molecular flexibility index (Phi) is 4.54. The van der Waals surface area contributed by atoms with E-state index in [0.29, 0.717) is 0 Å². The normalized spacial score (nSPS) is 11.0. The molecule has 0 bridgehead atoms. The maximum atomic E-state index is 11.0. The second-order valence-electron chi connectivity index (χ2n) is 3.56. The number of phenols is 1. The minimum atomic E-state index is -4.83. The Morgan fingerprint density at radius 3 is 2.32 bits per heavy atom. The number of benzene rings is 2. The maximum absolute atomic E-state index is 11.0. The Morgan fingerprint density at radius 1 is 1.16 bits per heavy atom. The van der Waals surface area contributed by atoms with E-state index >= 15 is 0 Å². The van der Waals surface area contributed by atoms with Crippen LogP contribution in [0, 0.1) is 10.1 Å². The third-order valence-electron chi connectivity index (χ3n) is 2.36. The van der Waals surface area contributed by atoms with Crippen LogP contribution in [-0.2, 0) is 10.1 Å². The molecule has 19 heavy (non-hydrogen) atoms. The van der Waals surface area contributed by atoms with E-state index in [9.17, 15) is 28.2 Å². The first-order chi connectivity index (χ1) is 8.29. The number of nitro groups is 1. The zero-order valence-corrected chi connectivity index (χ0v) is 12.5. The number of phenolic OH excluding ortho intramolecular Hbond substituents is 1. The zero-order valence-electron chi connectivity index (χ0n) is 9.73.